The quantitative estimate of drug-likeness (QED) is 0.742. The smallest absolute Gasteiger partial charge is 0.272 e. The van der Waals surface area contributed by atoms with Gasteiger partial charge in [0, 0.05) is 17.1 Å². The summed E-state index contributed by atoms with van der Waals surface area (Å²) < 4.78 is 29.0. The van der Waals surface area contributed by atoms with Crippen LogP contribution in [0.1, 0.15) is 10.5 Å². The van der Waals surface area contributed by atoms with Crippen LogP contribution in [0.25, 0.3) is 10.9 Å². The zero-order chi connectivity index (χ0) is 18.0. The van der Waals surface area contributed by atoms with Gasteiger partial charge in [-0.15, -0.1) is 0 Å². The molecule has 1 amide bonds. The van der Waals surface area contributed by atoms with Crippen LogP contribution in [-0.2, 0) is 0 Å². The van der Waals surface area contributed by atoms with Crippen LogP contribution in [0.3, 0.4) is 0 Å². The number of hydrogen-bond donors (Lipinski definition) is 2. The summed E-state index contributed by atoms with van der Waals surface area (Å²) in [4.78, 5) is 15.5. The second-order valence-electron chi connectivity index (χ2n) is 5.25. The number of amides is 1. The van der Waals surface area contributed by atoms with E-state index in [2.05, 4.69) is 10.3 Å². The highest BCUT2D eigenvalue weighted by atomic mass is 19.1. The van der Waals surface area contributed by atoms with Gasteiger partial charge in [-0.25, -0.2) is 4.39 Å². The number of rotatable bonds is 5. The third-order valence-corrected chi connectivity index (χ3v) is 3.79. The Morgan fingerprint density at radius 1 is 1.00 bits per heavy atom. The summed E-state index contributed by atoms with van der Waals surface area (Å²) in [7, 11) is 4.57. The first-order valence-corrected chi connectivity index (χ1v) is 7.46. The van der Waals surface area contributed by atoms with Crippen molar-refractivity contribution in [2.24, 2.45) is 0 Å². The van der Waals surface area contributed by atoms with E-state index in [4.69, 9.17) is 14.2 Å². The van der Waals surface area contributed by atoms with Crippen LogP contribution in [0.5, 0.6) is 17.2 Å². The van der Waals surface area contributed by atoms with Gasteiger partial charge in [0.1, 0.15) is 17.3 Å². The van der Waals surface area contributed by atoms with Crippen molar-refractivity contribution in [2.75, 3.05) is 26.6 Å². The van der Waals surface area contributed by atoms with E-state index < -0.39 is 0 Å². The van der Waals surface area contributed by atoms with Crippen molar-refractivity contribution >= 4 is 22.5 Å². The summed E-state index contributed by atoms with van der Waals surface area (Å²) in [5.74, 6) is 0.763. The Bertz CT molecular complexity index is 919. The Morgan fingerprint density at radius 3 is 2.28 bits per heavy atom. The molecule has 0 bridgehead atoms. The fourth-order valence-corrected chi connectivity index (χ4v) is 2.59. The lowest BCUT2D eigenvalue weighted by Gasteiger charge is -2.11. The largest absolute Gasteiger partial charge is 0.496 e. The number of methoxy groups -OCH3 is 3. The number of ether oxygens (including phenoxy) is 3. The number of aromatic amines is 1. The van der Waals surface area contributed by atoms with E-state index >= 15 is 0 Å². The van der Waals surface area contributed by atoms with E-state index in [1.165, 1.54) is 45.6 Å². The zero-order valence-corrected chi connectivity index (χ0v) is 14.0. The molecule has 130 valence electrons. The fourth-order valence-electron chi connectivity index (χ4n) is 2.59. The number of nitrogens with one attached hydrogen (secondary N) is 2. The van der Waals surface area contributed by atoms with Crippen LogP contribution < -0.4 is 19.5 Å². The van der Waals surface area contributed by atoms with Crippen LogP contribution in [0.4, 0.5) is 10.1 Å². The number of halogens is 1. The monoisotopic (exact) mass is 344 g/mol. The first-order chi connectivity index (χ1) is 12.1. The molecule has 7 heteroatoms. The molecule has 0 aliphatic heterocycles. The molecule has 1 heterocycles. The lowest BCUT2D eigenvalue weighted by molar-refractivity contribution is 0.102. The minimum absolute atomic E-state index is 0.309. The number of hydrogen-bond acceptors (Lipinski definition) is 4. The first-order valence-electron chi connectivity index (χ1n) is 7.46. The highest BCUT2D eigenvalue weighted by Gasteiger charge is 2.19. The van der Waals surface area contributed by atoms with E-state index in [-0.39, 0.29) is 11.7 Å². The molecule has 0 saturated heterocycles. The molecule has 25 heavy (non-hydrogen) atoms. The lowest BCUT2D eigenvalue weighted by atomic mass is 10.2. The van der Waals surface area contributed by atoms with Crippen LogP contribution in [0, 0.1) is 5.82 Å². The third kappa shape index (κ3) is 3.08. The molecule has 3 aromatic rings. The lowest BCUT2D eigenvalue weighted by Crippen LogP contribution is -2.12. The summed E-state index contributed by atoms with van der Waals surface area (Å²) in [5, 5.41) is 3.38. The van der Waals surface area contributed by atoms with Gasteiger partial charge >= 0.3 is 0 Å². The van der Waals surface area contributed by atoms with Gasteiger partial charge in [-0.2, -0.15) is 0 Å². The van der Waals surface area contributed by atoms with E-state index in [1.54, 1.807) is 12.1 Å². The molecule has 0 saturated carbocycles. The SMILES string of the molecule is COc1cc(OC)c2cc(C(=O)Nc3ccc(F)cc3)[nH]c2c1OC. The van der Waals surface area contributed by atoms with Gasteiger partial charge in [-0.3, -0.25) is 4.79 Å². The maximum Gasteiger partial charge on any atom is 0.272 e. The van der Waals surface area contributed by atoms with Gasteiger partial charge in [-0.1, -0.05) is 0 Å². The number of benzene rings is 2. The predicted molar refractivity (Wildman–Crippen MR) is 92.3 cm³/mol. The van der Waals surface area contributed by atoms with Crippen molar-refractivity contribution in [2.45, 2.75) is 0 Å². The number of aromatic nitrogens is 1. The summed E-state index contributed by atoms with van der Waals surface area (Å²) in [5.41, 5.74) is 1.38. The highest BCUT2D eigenvalue weighted by molar-refractivity contribution is 6.07. The molecule has 0 spiro atoms. The van der Waals surface area contributed by atoms with Crippen LogP contribution in [-0.4, -0.2) is 32.2 Å². The second-order valence-corrected chi connectivity index (χ2v) is 5.25. The summed E-state index contributed by atoms with van der Waals surface area (Å²) in [6.07, 6.45) is 0. The Hall–Kier alpha value is -3.22. The molecule has 0 fully saturated rings. The zero-order valence-electron chi connectivity index (χ0n) is 14.0. The average Bonchev–Trinajstić information content (AvgIpc) is 3.07. The maximum absolute atomic E-state index is 13.0. The average molecular weight is 344 g/mol. The predicted octanol–water partition coefficient (Wildman–Crippen LogP) is 3.59. The molecule has 1 aromatic heterocycles. The van der Waals surface area contributed by atoms with E-state index in [9.17, 15) is 9.18 Å². The van der Waals surface area contributed by atoms with Crippen molar-refractivity contribution < 1.29 is 23.4 Å². The standard InChI is InChI=1S/C18H17FN2O4/c1-23-14-9-15(24-2)17(25-3)16-12(14)8-13(21-16)18(22)20-11-6-4-10(19)5-7-11/h4-9,21H,1-3H3,(H,20,22). The van der Waals surface area contributed by atoms with Crippen LogP contribution in [0.15, 0.2) is 36.4 Å². The van der Waals surface area contributed by atoms with Gasteiger partial charge in [0.05, 0.1) is 26.8 Å². The van der Waals surface area contributed by atoms with Gasteiger partial charge in [-0.05, 0) is 30.3 Å². The van der Waals surface area contributed by atoms with Crippen molar-refractivity contribution in [1.29, 1.82) is 0 Å². The molecular weight excluding hydrogens is 327 g/mol. The molecule has 6 nitrogen and oxygen atoms in total. The maximum atomic E-state index is 13.0. The van der Waals surface area contributed by atoms with Crippen LogP contribution >= 0.6 is 0 Å². The Kier molecular flexibility index (Phi) is 4.47. The minimum atomic E-state index is -0.370. The Labute approximate surface area is 143 Å². The minimum Gasteiger partial charge on any atom is -0.496 e. The highest BCUT2D eigenvalue weighted by Crippen LogP contribution is 2.41. The molecule has 0 atom stereocenters. The van der Waals surface area contributed by atoms with Crippen molar-refractivity contribution in [3.8, 4) is 17.2 Å². The van der Waals surface area contributed by atoms with E-state index in [0.717, 1.165) is 0 Å². The molecule has 2 aromatic carbocycles. The molecule has 0 aliphatic rings. The first kappa shape index (κ1) is 16.6. The van der Waals surface area contributed by atoms with Gasteiger partial charge in [0.15, 0.2) is 11.5 Å². The number of carbonyl (C=O) groups excluding carboxylic acids is 1. The molecule has 0 radical (unpaired) electrons. The van der Waals surface area contributed by atoms with Crippen LogP contribution in [0.2, 0.25) is 0 Å². The molecular formula is C18H17FN2O4. The summed E-state index contributed by atoms with van der Waals surface area (Å²) >= 11 is 0. The fraction of sp³-hybridized carbons (Fsp3) is 0.167. The second kappa shape index (κ2) is 6.72. The van der Waals surface area contributed by atoms with Gasteiger partial charge in [0.2, 0.25) is 0 Å². The third-order valence-electron chi connectivity index (χ3n) is 3.79. The Balaban J connectivity index is 2.02. The van der Waals surface area contributed by atoms with Gasteiger partial charge in [0.25, 0.3) is 5.91 Å². The summed E-state index contributed by atoms with van der Waals surface area (Å²) in [6.45, 7) is 0. The van der Waals surface area contributed by atoms with Crippen molar-refractivity contribution in [3.05, 3.63) is 47.9 Å². The van der Waals surface area contributed by atoms with E-state index in [0.29, 0.717) is 39.5 Å². The van der Waals surface area contributed by atoms with Crippen molar-refractivity contribution in [1.82, 2.24) is 4.98 Å². The molecule has 2 N–H and O–H groups in total. The normalized spacial score (nSPS) is 10.6. The number of H-pyrrole nitrogens is 1. The number of carbonyl (C=O) groups is 1. The topological polar surface area (TPSA) is 72.6 Å². The molecule has 3 rings (SSSR count). The van der Waals surface area contributed by atoms with E-state index in [1.807, 2.05) is 0 Å². The van der Waals surface area contributed by atoms with Gasteiger partial charge < -0.3 is 24.5 Å². The Morgan fingerprint density at radius 2 is 1.68 bits per heavy atom. The summed E-state index contributed by atoms with van der Waals surface area (Å²) in [6, 6.07) is 8.88. The molecule has 0 aliphatic carbocycles. The number of anilines is 1. The van der Waals surface area contributed by atoms with Crippen molar-refractivity contribution in [3.63, 3.8) is 0 Å². The number of fused-ring (bicyclic) bond motifs is 1. The molecule has 0 unspecified atom stereocenters.